The molecule has 7 nitrogen and oxygen atoms in total. The molecule has 0 spiro atoms. The first-order valence-electron chi connectivity index (χ1n) is 9.38. The Kier molecular flexibility index (Phi) is 5.31. The van der Waals surface area contributed by atoms with Crippen molar-refractivity contribution in [2.45, 2.75) is 20.0 Å². The zero-order valence-corrected chi connectivity index (χ0v) is 16.4. The third kappa shape index (κ3) is 4.64. The molecule has 29 heavy (non-hydrogen) atoms. The van der Waals surface area contributed by atoms with Crippen LogP contribution in [0.25, 0.3) is 22.8 Å². The SMILES string of the molecule is Cc1cc(CN(C)Cc2ccc(-c3nc(-c4ccccn4)cc(=O)[nH]3)cc2)n[nH]1. The Morgan fingerprint density at radius 2 is 1.83 bits per heavy atom. The van der Waals surface area contributed by atoms with E-state index in [4.69, 9.17) is 0 Å². The van der Waals surface area contributed by atoms with Crippen LogP contribution < -0.4 is 5.56 Å². The van der Waals surface area contributed by atoms with E-state index in [0.29, 0.717) is 17.2 Å². The van der Waals surface area contributed by atoms with Crippen LogP contribution in [0, 0.1) is 6.92 Å². The van der Waals surface area contributed by atoms with Gasteiger partial charge in [-0.2, -0.15) is 5.10 Å². The molecule has 0 amide bonds. The minimum Gasteiger partial charge on any atom is -0.306 e. The van der Waals surface area contributed by atoms with Crippen LogP contribution in [0.3, 0.4) is 0 Å². The predicted molar refractivity (Wildman–Crippen MR) is 112 cm³/mol. The lowest BCUT2D eigenvalue weighted by atomic mass is 10.1. The van der Waals surface area contributed by atoms with Gasteiger partial charge in [-0.1, -0.05) is 30.3 Å². The molecule has 0 radical (unpaired) electrons. The number of benzene rings is 1. The number of rotatable bonds is 6. The molecule has 0 bridgehead atoms. The van der Waals surface area contributed by atoms with E-state index in [-0.39, 0.29) is 5.56 Å². The molecule has 3 heterocycles. The van der Waals surface area contributed by atoms with Gasteiger partial charge in [-0.3, -0.25) is 19.8 Å². The molecular formula is C22H22N6O. The van der Waals surface area contributed by atoms with Crippen molar-refractivity contribution in [1.29, 1.82) is 0 Å². The summed E-state index contributed by atoms with van der Waals surface area (Å²) in [6.07, 6.45) is 1.69. The van der Waals surface area contributed by atoms with Crippen LogP contribution in [0.5, 0.6) is 0 Å². The molecule has 0 fully saturated rings. The smallest absolute Gasteiger partial charge is 0.251 e. The molecule has 0 aliphatic carbocycles. The maximum atomic E-state index is 12.1. The number of aromatic amines is 2. The minimum atomic E-state index is -0.200. The van der Waals surface area contributed by atoms with Crippen LogP contribution in [0.4, 0.5) is 0 Å². The summed E-state index contributed by atoms with van der Waals surface area (Å²) in [4.78, 5) is 26.0. The lowest BCUT2D eigenvalue weighted by Crippen LogP contribution is -2.17. The Bertz CT molecular complexity index is 1150. The van der Waals surface area contributed by atoms with Gasteiger partial charge in [-0.15, -0.1) is 0 Å². The van der Waals surface area contributed by atoms with Crippen LogP contribution in [-0.2, 0) is 13.1 Å². The van der Waals surface area contributed by atoms with Crippen LogP contribution in [0.1, 0.15) is 17.0 Å². The highest BCUT2D eigenvalue weighted by atomic mass is 16.1. The van der Waals surface area contributed by atoms with Crippen LogP contribution >= 0.6 is 0 Å². The molecule has 0 atom stereocenters. The van der Waals surface area contributed by atoms with Gasteiger partial charge in [0.05, 0.1) is 17.1 Å². The fraction of sp³-hybridized carbons (Fsp3) is 0.182. The summed E-state index contributed by atoms with van der Waals surface area (Å²) >= 11 is 0. The molecule has 4 rings (SSSR count). The molecule has 0 unspecified atom stereocenters. The van der Waals surface area contributed by atoms with Crippen molar-refractivity contribution in [3.05, 3.63) is 88.1 Å². The minimum absolute atomic E-state index is 0.200. The van der Waals surface area contributed by atoms with E-state index in [1.165, 1.54) is 11.6 Å². The van der Waals surface area contributed by atoms with E-state index in [0.717, 1.165) is 30.0 Å². The lowest BCUT2D eigenvalue weighted by molar-refractivity contribution is 0.315. The molecule has 2 N–H and O–H groups in total. The summed E-state index contributed by atoms with van der Waals surface area (Å²) < 4.78 is 0. The third-order valence-electron chi connectivity index (χ3n) is 4.54. The molecule has 0 saturated carbocycles. The maximum Gasteiger partial charge on any atom is 0.251 e. The third-order valence-corrected chi connectivity index (χ3v) is 4.54. The van der Waals surface area contributed by atoms with Crippen LogP contribution in [-0.4, -0.2) is 37.1 Å². The van der Waals surface area contributed by atoms with Gasteiger partial charge >= 0.3 is 0 Å². The first kappa shape index (κ1) is 18.8. The normalized spacial score (nSPS) is 11.1. The van der Waals surface area contributed by atoms with Gasteiger partial charge in [-0.25, -0.2) is 4.98 Å². The van der Waals surface area contributed by atoms with Gasteiger partial charge in [0.15, 0.2) is 0 Å². The van der Waals surface area contributed by atoms with Crippen molar-refractivity contribution >= 4 is 0 Å². The van der Waals surface area contributed by atoms with E-state index >= 15 is 0 Å². The van der Waals surface area contributed by atoms with Gasteiger partial charge in [-0.05, 0) is 37.7 Å². The van der Waals surface area contributed by atoms with Crippen molar-refractivity contribution < 1.29 is 0 Å². The molecule has 0 aliphatic heterocycles. The zero-order valence-electron chi connectivity index (χ0n) is 16.4. The molecule has 146 valence electrons. The summed E-state index contributed by atoms with van der Waals surface area (Å²) in [5.74, 6) is 0.532. The molecule has 4 aromatic rings. The molecule has 1 aromatic carbocycles. The molecule has 3 aromatic heterocycles. The second-order valence-electron chi connectivity index (χ2n) is 7.11. The Morgan fingerprint density at radius 3 is 2.52 bits per heavy atom. The highest BCUT2D eigenvalue weighted by molar-refractivity contribution is 5.60. The van der Waals surface area contributed by atoms with Gasteiger partial charge in [0.1, 0.15) is 5.82 Å². The number of pyridine rings is 1. The monoisotopic (exact) mass is 386 g/mol. The topological polar surface area (TPSA) is 90.6 Å². The summed E-state index contributed by atoms with van der Waals surface area (Å²) in [6, 6.07) is 17.1. The van der Waals surface area contributed by atoms with Crippen LogP contribution in [0.2, 0.25) is 0 Å². The maximum absolute atomic E-state index is 12.1. The number of nitrogens with one attached hydrogen (secondary N) is 2. The van der Waals surface area contributed by atoms with Gasteiger partial charge in [0.2, 0.25) is 0 Å². The van der Waals surface area contributed by atoms with Crippen molar-refractivity contribution in [2.75, 3.05) is 7.05 Å². The van der Waals surface area contributed by atoms with Gasteiger partial charge in [0, 0.05) is 36.6 Å². The Balaban J connectivity index is 1.50. The van der Waals surface area contributed by atoms with Crippen molar-refractivity contribution in [2.24, 2.45) is 0 Å². The summed E-state index contributed by atoms with van der Waals surface area (Å²) in [7, 11) is 2.06. The van der Waals surface area contributed by atoms with E-state index in [1.54, 1.807) is 6.20 Å². The summed E-state index contributed by atoms with van der Waals surface area (Å²) in [5, 5.41) is 7.25. The standard InChI is InChI=1S/C22H22N6O/c1-15-11-18(27-26-15)14-28(2)13-16-6-8-17(9-7-16)22-24-20(12-21(29)25-22)19-5-3-4-10-23-19/h3-12H,13-14H2,1-2H3,(H,26,27)(H,24,25,29). The number of aryl methyl sites for hydroxylation is 1. The molecule has 7 heteroatoms. The number of nitrogens with zero attached hydrogens (tertiary/aromatic N) is 4. The van der Waals surface area contributed by atoms with Crippen LogP contribution in [0.15, 0.2) is 65.6 Å². The van der Waals surface area contributed by atoms with Crippen molar-refractivity contribution in [3.8, 4) is 22.8 Å². The first-order valence-corrected chi connectivity index (χ1v) is 9.38. The Hall–Kier alpha value is -3.58. The molecule has 0 aliphatic rings. The average Bonchev–Trinajstić information content (AvgIpc) is 3.13. The molecular weight excluding hydrogens is 364 g/mol. The lowest BCUT2D eigenvalue weighted by Gasteiger charge is -2.15. The molecule has 0 saturated heterocycles. The average molecular weight is 386 g/mol. The van der Waals surface area contributed by atoms with E-state index in [1.807, 2.05) is 37.3 Å². The fourth-order valence-corrected chi connectivity index (χ4v) is 3.21. The van der Waals surface area contributed by atoms with E-state index < -0.39 is 0 Å². The fourth-order valence-electron chi connectivity index (χ4n) is 3.21. The van der Waals surface area contributed by atoms with Crippen molar-refractivity contribution in [1.82, 2.24) is 30.0 Å². The zero-order chi connectivity index (χ0) is 20.2. The number of H-pyrrole nitrogens is 2. The quantitative estimate of drug-likeness (QED) is 0.531. The van der Waals surface area contributed by atoms with E-state index in [2.05, 4.69) is 55.3 Å². The largest absolute Gasteiger partial charge is 0.306 e. The second-order valence-corrected chi connectivity index (χ2v) is 7.11. The van der Waals surface area contributed by atoms with E-state index in [9.17, 15) is 4.79 Å². The van der Waals surface area contributed by atoms with Gasteiger partial charge in [0.25, 0.3) is 5.56 Å². The van der Waals surface area contributed by atoms with Crippen molar-refractivity contribution in [3.63, 3.8) is 0 Å². The Morgan fingerprint density at radius 1 is 1.00 bits per heavy atom. The van der Waals surface area contributed by atoms with Gasteiger partial charge < -0.3 is 4.98 Å². The number of hydrogen-bond donors (Lipinski definition) is 2. The summed E-state index contributed by atoms with van der Waals surface area (Å²) in [6.45, 7) is 3.56. The highest BCUT2D eigenvalue weighted by Gasteiger charge is 2.08. The number of aromatic nitrogens is 5. The Labute approximate surface area is 168 Å². The predicted octanol–water partition coefficient (Wildman–Crippen LogP) is 3.16. The number of hydrogen-bond acceptors (Lipinski definition) is 5. The summed E-state index contributed by atoms with van der Waals surface area (Å²) in [5.41, 5.74) is 5.14. The second kappa shape index (κ2) is 8.20. The highest BCUT2D eigenvalue weighted by Crippen LogP contribution is 2.19. The first-order chi connectivity index (χ1) is 14.1.